The molecule has 0 N–H and O–H groups in total. The topological polar surface area (TPSA) is 42.0 Å². The first-order chi connectivity index (χ1) is 14.8. The number of anilines is 1. The lowest BCUT2D eigenvalue weighted by molar-refractivity contribution is -0.143. The summed E-state index contributed by atoms with van der Waals surface area (Å²) in [6.07, 6.45) is 6.65. The van der Waals surface area contributed by atoms with Gasteiger partial charge in [-0.25, -0.2) is 0 Å². The second-order valence-corrected chi connectivity index (χ2v) is 10.2. The average molecular weight is 431 g/mol. The molecule has 2 aliphatic rings. The van der Waals surface area contributed by atoms with Crippen LogP contribution in [0.4, 0.5) is 5.69 Å². The van der Waals surface area contributed by atoms with Gasteiger partial charge in [0.25, 0.3) is 0 Å². The molecule has 0 amide bonds. The van der Waals surface area contributed by atoms with Crippen LogP contribution < -0.4 is 9.64 Å². The van der Waals surface area contributed by atoms with Crippen LogP contribution in [0.15, 0.2) is 24.3 Å². The molecule has 5 nitrogen and oxygen atoms in total. The number of rotatable bonds is 8. The van der Waals surface area contributed by atoms with Gasteiger partial charge < -0.3 is 14.4 Å². The Morgan fingerprint density at radius 1 is 1.00 bits per heavy atom. The fraction of sp³-hybridized carbons (Fsp3) is 0.731. The van der Waals surface area contributed by atoms with Gasteiger partial charge in [-0.05, 0) is 81.2 Å². The van der Waals surface area contributed by atoms with Crippen molar-refractivity contribution >= 4 is 11.7 Å². The predicted octanol–water partition coefficient (Wildman–Crippen LogP) is 5.14. The van der Waals surface area contributed by atoms with Crippen molar-refractivity contribution in [1.29, 1.82) is 0 Å². The number of nitrogens with zero attached hydrogens (tertiary/aromatic N) is 2. The van der Waals surface area contributed by atoms with E-state index < -0.39 is 0 Å². The first-order valence-electron chi connectivity index (χ1n) is 12.2. The Bertz CT molecular complexity index is 667. The summed E-state index contributed by atoms with van der Waals surface area (Å²) in [6.45, 7) is 14.5. The number of carbonyl (C=O) groups is 1. The Labute approximate surface area is 189 Å². The maximum Gasteiger partial charge on any atom is 0.305 e. The summed E-state index contributed by atoms with van der Waals surface area (Å²) in [5.74, 6) is 1.74. The van der Waals surface area contributed by atoms with Crippen LogP contribution in [0.2, 0.25) is 0 Å². The Morgan fingerprint density at radius 3 is 2.23 bits per heavy atom. The first kappa shape index (κ1) is 23.9. The van der Waals surface area contributed by atoms with Crippen LogP contribution in [0.3, 0.4) is 0 Å². The van der Waals surface area contributed by atoms with Gasteiger partial charge in [-0.15, -0.1) is 0 Å². The van der Waals surface area contributed by atoms with E-state index in [4.69, 9.17) is 9.47 Å². The summed E-state index contributed by atoms with van der Waals surface area (Å²) in [5, 5.41) is 0. The number of hydrogen-bond acceptors (Lipinski definition) is 5. The molecule has 0 aromatic heterocycles. The second-order valence-electron chi connectivity index (χ2n) is 10.2. The van der Waals surface area contributed by atoms with Crippen molar-refractivity contribution in [3.05, 3.63) is 24.3 Å². The standard InChI is InChI=1S/C26H42N2O3/c1-5-30-25(29)7-6-16-27-17-19-28(20-18-27)22-10-14-24(15-11-22)31-23-12-8-21(9-13-23)26(2,3)4/h10-11,14-15,21,23H,5-9,12-13,16-20H2,1-4H3. The first-order valence-corrected chi connectivity index (χ1v) is 12.2. The van der Waals surface area contributed by atoms with Crippen molar-refractivity contribution in [3.8, 4) is 5.75 Å². The highest BCUT2D eigenvalue weighted by Gasteiger charge is 2.30. The molecule has 1 heterocycles. The molecule has 5 heteroatoms. The predicted molar refractivity (Wildman–Crippen MR) is 127 cm³/mol. The zero-order valence-corrected chi connectivity index (χ0v) is 20.1. The number of benzene rings is 1. The summed E-state index contributed by atoms with van der Waals surface area (Å²) in [7, 11) is 0. The number of hydrogen-bond donors (Lipinski definition) is 0. The second kappa shape index (κ2) is 11.2. The molecule has 0 atom stereocenters. The van der Waals surface area contributed by atoms with E-state index in [1.165, 1.54) is 31.4 Å². The quantitative estimate of drug-likeness (QED) is 0.535. The highest BCUT2D eigenvalue weighted by atomic mass is 16.5. The molecular formula is C26H42N2O3. The molecule has 0 spiro atoms. The van der Waals surface area contributed by atoms with E-state index in [1.807, 2.05) is 6.92 Å². The molecule has 1 aromatic rings. The van der Waals surface area contributed by atoms with Crippen molar-refractivity contribution in [2.75, 3.05) is 44.2 Å². The van der Waals surface area contributed by atoms with E-state index in [0.29, 0.717) is 24.5 Å². The van der Waals surface area contributed by atoms with E-state index >= 15 is 0 Å². The van der Waals surface area contributed by atoms with Gasteiger partial charge in [0.1, 0.15) is 5.75 Å². The smallest absolute Gasteiger partial charge is 0.305 e. The highest BCUT2D eigenvalue weighted by Crippen LogP contribution is 2.38. The Kier molecular flexibility index (Phi) is 8.65. The molecule has 0 unspecified atom stereocenters. The molecule has 0 bridgehead atoms. The monoisotopic (exact) mass is 430 g/mol. The molecule has 1 saturated carbocycles. The molecule has 3 rings (SSSR count). The maximum atomic E-state index is 11.5. The SMILES string of the molecule is CCOC(=O)CCCN1CCN(c2ccc(OC3CCC(C(C)(C)C)CC3)cc2)CC1. The van der Waals surface area contributed by atoms with E-state index in [1.54, 1.807) is 0 Å². The number of ether oxygens (including phenoxy) is 2. The van der Waals surface area contributed by atoms with Crippen LogP contribution >= 0.6 is 0 Å². The van der Waals surface area contributed by atoms with Gasteiger partial charge in [-0.1, -0.05) is 20.8 Å². The molecule has 174 valence electrons. The fourth-order valence-electron chi connectivity index (χ4n) is 4.88. The van der Waals surface area contributed by atoms with E-state index in [-0.39, 0.29) is 5.97 Å². The molecule has 0 radical (unpaired) electrons. The summed E-state index contributed by atoms with van der Waals surface area (Å²) >= 11 is 0. The average Bonchev–Trinajstić information content (AvgIpc) is 2.75. The maximum absolute atomic E-state index is 11.5. The van der Waals surface area contributed by atoms with E-state index in [2.05, 4.69) is 54.8 Å². The van der Waals surface area contributed by atoms with Gasteiger partial charge in [0.15, 0.2) is 0 Å². The van der Waals surface area contributed by atoms with E-state index in [0.717, 1.165) is 50.8 Å². The molecule has 1 saturated heterocycles. The fourth-order valence-corrected chi connectivity index (χ4v) is 4.88. The van der Waals surface area contributed by atoms with Gasteiger partial charge >= 0.3 is 5.97 Å². The van der Waals surface area contributed by atoms with Gasteiger partial charge in [0, 0.05) is 38.3 Å². The Hall–Kier alpha value is -1.75. The van der Waals surface area contributed by atoms with Crippen molar-refractivity contribution in [2.45, 2.75) is 72.3 Å². The normalized spacial score (nSPS) is 22.9. The zero-order valence-electron chi connectivity index (χ0n) is 20.1. The number of carbonyl (C=O) groups excluding carboxylic acids is 1. The van der Waals surface area contributed by atoms with Crippen LogP contribution in [0.5, 0.6) is 5.75 Å². The summed E-state index contributed by atoms with van der Waals surface area (Å²) < 4.78 is 11.3. The van der Waals surface area contributed by atoms with Crippen LogP contribution in [-0.4, -0.2) is 56.3 Å². The Balaban J connectivity index is 1.38. The third kappa shape index (κ3) is 7.41. The number of esters is 1. The number of piperazine rings is 1. The van der Waals surface area contributed by atoms with Crippen LogP contribution in [0.1, 0.15) is 66.2 Å². The summed E-state index contributed by atoms with van der Waals surface area (Å²) in [5.41, 5.74) is 1.69. The zero-order chi connectivity index (χ0) is 22.3. The lowest BCUT2D eigenvalue weighted by atomic mass is 9.72. The van der Waals surface area contributed by atoms with Gasteiger partial charge in [-0.3, -0.25) is 9.69 Å². The van der Waals surface area contributed by atoms with E-state index in [9.17, 15) is 4.79 Å². The van der Waals surface area contributed by atoms with Crippen LogP contribution in [-0.2, 0) is 9.53 Å². The lowest BCUT2D eigenvalue weighted by Gasteiger charge is -2.37. The molecule has 1 aliphatic carbocycles. The van der Waals surface area contributed by atoms with Crippen LogP contribution in [0.25, 0.3) is 0 Å². The third-order valence-corrected chi connectivity index (χ3v) is 6.94. The minimum atomic E-state index is -0.0781. The molecule has 2 fully saturated rings. The van der Waals surface area contributed by atoms with Gasteiger partial charge in [0.2, 0.25) is 0 Å². The van der Waals surface area contributed by atoms with Crippen molar-refractivity contribution < 1.29 is 14.3 Å². The third-order valence-electron chi connectivity index (χ3n) is 6.94. The molecule has 31 heavy (non-hydrogen) atoms. The summed E-state index contributed by atoms with van der Waals surface area (Å²) in [6, 6.07) is 8.67. The van der Waals surface area contributed by atoms with Crippen molar-refractivity contribution in [3.63, 3.8) is 0 Å². The minimum Gasteiger partial charge on any atom is -0.490 e. The largest absolute Gasteiger partial charge is 0.490 e. The Morgan fingerprint density at radius 2 is 1.65 bits per heavy atom. The molecular weight excluding hydrogens is 388 g/mol. The van der Waals surface area contributed by atoms with Crippen LogP contribution in [0, 0.1) is 11.3 Å². The van der Waals surface area contributed by atoms with Gasteiger partial charge in [-0.2, -0.15) is 0 Å². The van der Waals surface area contributed by atoms with Gasteiger partial charge in [0.05, 0.1) is 12.7 Å². The summed E-state index contributed by atoms with van der Waals surface area (Å²) in [4.78, 5) is 16.4. The lowest BCUT2D eigenvalue weighted by Crippen LogP contribution is -2.46. The minimum absolute atomic E-state index is 0.0781. The van der Waals surface area contributed by atoms with Crippen molar-refractivity contribution in [1.82, 2.24) is 4.90 Å². The molecule has 1 aromatic carbocycles. The molecule has 1 aliphatic heterocycles. The van der Waals surface area contributed by atoms with Crippen molar-refractivity contribution in [2.24, 2.45) is 11.3 Å². The highest BCUT2D eigenvalue weighted by molar-refractivity contribution is 5.69.